The van der Waals surface area contributed by atoms with Crippen molar-refractivity contribution in [1.29, 1.82) is 0 Å². The summed E-state index contributed by atoms with van der Waals surface area (Å²) in [6, 6.07) is 5.80. The Kier molecular flexibility index (Phi) is 4.32. The van der Waals surface area contributed by atoms with Crippen LogP contribution in [0.15, 0.2) is 22.7 Å². The lowest BCUT2D eigenvalue weighted by Gasteiger charge is -2.28. The molecule has 1 aromatic rings. The van der Waals surface area contributed by atoms with Crippen LogP contribution in [0.1, 0.15) is 39.0 Å². The predicted molar refractivity (Wildman–Crippen MR) is 75.2 cm³/mol. The summed E-state index contributed by atoms with van der Waals surface area (Å²) < 4.78 is 6.92. The van der Waals surface area contributed by atoms with Crippen LogP contribution >= 0.6 is 15.9 Å². The summed E-state index contributed by atoms with van der Waals surface area (Å²) in [5.74, 6) is 1.78. The fraction of sp³-hybridized carbons (Fsp3) is 0.571. The number of rotatable bonds is 3. The summed E-state index contributed by atoms with van der Waals surface area (Å²) in [6.07, 6.45) is 6.58. The third-order valence-electron chi connectivity index (χ3n) is 3.66. The molecule has 17 heavy (non-hydrogen) atoms. The van der Waals surface area contributed by atoms with Crippen LogP contribution < -0.4 is 10.5 Å². The smallest absolute Gasteiger partial charge is 0.135 e. The lowest BCUT2D eigenvalue weighted by Crippen LogP contribution is -2.24. The molecule has 0 radical (unpaired) electrons. The van der Waals surface area contributed by atoms with Gasteiger partial charge in [-0.15, -0.1) is 0 Å². The summed E-state index contributed by atoms with van der Waals surface area (Å²) >= 11 is 3.48. The number of nitrogen functional groups attached to an aromatic ring is 1. The standard InChI is InChI=1S/C14H20BrNO/c1-2-10-6-8-11(9-7-10)17-13-5-3-4-12(16)14(13)15/h3-5,10-11H,2,6-9,16H2,1H3. The lowest BCUT2D eigenvalue weighted by molar-refractivity contribution is 0.129. The molecular weight excluding hydrogens is 278 g/mol. The molecule has 0 saturated heterocycles. The van der Waals surface area contributed by atoms with E-state index >= 15 is 0 Å². The van der Waals surface area contributed by atoms with E-state index in [1.165, 1.54) is 32.1 Å². The highest BCUT2D eigenvalue weighted by molar-refractivity contribution is 9.10. The zero-order chi connectivity index (χ0) is 12.3. The van der Waals surface area contributed by atoms with Gasteiger partial charge in [0.25, 0.3) is 0 Å². The summed E-state index contributed by atoms with van der Waals surface area (Å²) in [5, 5.41) is 0. The Labute approximate surface area is 112 Å². The molecule has 0 heterocycles. The van der Waals surface area contributed by atoms with Gasteiger partial charge in [0.1, 0.15) is 5.75 Å². The molecule has 94 valence electrons. The molecule has 0 spiro atoms. The Morgan fingerprint density at radius 1 is 1.29 bits per heavy atom. The SMILES string of the molecule is CCC1CCC(Oc2cccc(N)c2Br)CC1. The molecule has 0 unspecified atom stereocenters. The molecule has 1 aromatic carbocycles. The van der Waals surface area contributed by atoms with E-state index in [0.29, 0.717) is 6.10 Å². The highest BCUT2D eigenvalue weighted by Crippen LogP contribution is 2.34. The van der Waals surface area contributed by atoms with Crippen LogP contribution in [0.2, 0.25) is 0 Å². The molecule has 3 heteroatoms. The maximum atomic E-state index is 6.03. The molecule has 2 rings (SSSR count). The predicted octanol–water partition coefficient (Wildman–Crippen LogP) is 4.38. The van der Waals surface area contributed by atoms with Crippen molar-refractivity contribution in [2.45, 2.75) is 45.1 Å². The first kappa shape index (κ1) is 12.7. The Bertz CT molecular complexity index is 372. The highest BCUT2D eigenvalue weighted by atomic mass is 79.9. The van der Waals surface area contributed by atoms with Gasteiger partial charge in [-0.3, -0.25) is 0 Å². The fourth-order valence-corrected chi connectivity index (χ4v) is 2.81. The van der Waals surface area contributed by atoms with Gasteiger partial charge in [-0.05, 0) is 59.7 Å². The molecule has 1 aliphatic rings. The quantitative estimate of drug-likeness (QED) is 0.840. The van der Waals surface area contributed by atoms with Crippen molar-refractivity contribution in [3.63, 3.8) is 0 Å². The summed E-state index contributed by atoms with van der Waals surface area (Å²) in [6.45, 7) is 2.28. The van der Waals surface area contributed by atoms with Gasteiger partial charge in [-0.1, -0.05) is 19.4 Å². The van der Waals surface area contributed by atoms with E-state index in [4.69, 9.17) is 10.5 Å². The molecule has 1 saturated carbocycles. The number of halogens is 1. The maximum absolute atomic E-state index is 6.03. The first-order valence-electron chi connectivity index (χ1n) is 6.41. The van der Waals surface area contributed by atoms with E-state index < -0.39 is 0 Å². The van der Waals surface area contributed by atoms with Crippen LogP contribution in [0.4, 0.5) is 5.69 Å². The number of benzene rings is 1. The second kappa shape index (κ2) is 5.76. The molecular formula is C14H20BrNO. The van der Waals surface area contributed by atoms with Gasteiger partial charge in [-0.25, -0.2) is 0 Å². The van der Waals surface area contributed by atoms with E-state index in [1.807, 2.05) is 18.2 Å². The highest BCUT2D eigenvalue weighted by Gasteiger charge is 2.21. The Morgan fingerprint density at radius 3 is 2.65 bits per heavy atom. The normalized spacial score (nSPS) is 24.6. The van der Waals surface area contributed by atoms with Gasteiger partial charge >= 0.3 is 0 Å². The van der Waals surface area contributed by atoms with E-state index in [-0.39, 0.29) is 0 Å². The van der Waals surface area contributed by atoms with Gasteiger partial charge in [0.2, 0.25) is 0 Å². The minimum atomic E-state index is 0.357. The second-order valence-electron chi connectivity index (χ2n) is 4.83. The van der Waals surface area contributed by atoms with Crippen LogP contribution in [0.3, 0.4) is 0 Å². The monoisotopic (exact) mass is 297 g/mol. The number of hydrogen-bond donors (Lipinski definition) is 1. The fourth-order valence-electron chi connectivity index (χ4n) is 2.46. The topological polar surface area (TPSA) is 35.2 Å². The Hall–Kier alpha value is -0.700. The molecule has 1 fully saturated rings. The van der Waals surface area contributed by atoms with Gasteiger partial charge in [-0.2, -0.15) is 0 Å². The first-order valence-corrected chi connectivity index (χ1v) is 7.20. The zero-order valence-electron chi connectivity index (χ0n) is 10.3. The number of nitrogens with two attached hydrogens (primary N) is 1. The molecule has 2 nitrogen and oxygen atoms in total. The van der Waals surface area contributed by atoms with Crippen molar-refractivity contribution < 1.29 is 4.74 Å². The maximum Gasteiger partial charge on any atom is 0.135 e. The summed E-state index contributed by atoms with van der Waals surface area (Å²) in [7, 11) is 0. The molecule has 0 amide bonds. The van der Waals surface area contributed by atoms with Crippen molar-refractivity contribution in [1.82, 2.24) is 0 Å². The van der Waals surface area contributed by atoms with Crippen molar-refractivity contribution >= 4 is 21.6 Å². The van der Waals surface area contributed by atoms with Gasteiger partial charge in [0, 0.05) is 5.69 Å². The van der Waals surface area contributed by atoms with Gasteiger partial charge in [0.15, 0.2) is 0 Å². The van der Waals surface area contributed by atoms with E-state index in [0.717, 1.165) is 21.8 Å². The number of anilines is 1. The molecule has 0 atom stereocenters. The van der Waals surface area contributed by atoms with Crippen LogP contribution in [0.25, 0.3) is 0 Å². The third kappa shape index (κ3) is 3.15. The average Bonchev–Trinajstić information content (AvgIpc) is 2.36. The summed E-state index contributed by atoms with van der Waals surface area (Å²) in [5.41, 5.74) is 6.58. The van der Waals surface area contributed by atoms with Crippen LogP contribution in [-0.4, -0.2) is 6.10 Å². The van der Waals surface area contributed by atoms with Crippen molar-refractivity contribution in [2.24, 2.45) is 5.92 Å². The molecule has 0 aliphatic heterocycles. The van der Waals surface area contributed by atoms with Crippen molar-refractivity contribution in [3.05, 3.63) is 22.7 Å². The van der Waals surface area contributed by atoms with Gasteiger partial charge < -0.3 is 10.5 Å². The lowest BCUT2D eigenvalue weighted by atomic mass is 9.86. The largest absolute Gasteiger partial charge is 0.489 e. The summed E-state index contributed by atoms with van der Waals surface area (Å²) in [4.78, 5) is 0. The number of ether oxygens (including phenoxy) is 1. The van der Waals surface area contributed by atoms with E-state index in [2.05, 4.69) is 22.9 Å². The Balaban J connectivity index is 1.95. The van der Waals surface area contributed by atoms with Crippen LogP contribution in [0, 0.1) is 5.92 Å². The molecule has 2 N–H and O–H groups in total. The van der Waals surface area contributed by atoms with E-state index in [1.54, 1.807) is 0 Å². The number of hydrogen-bond acceptors (Lipinski definition) is 2. The zero-order valence-corrected chi connectivity index (χ0v) is 11.9. The van der Waals surface area contributed by atoms with Crippen LogP contribution in [-0.2, 0) is 0 Å². The van der Waals surface area contributed by atoms with Crippen LogP contribution in [0.5, 0.6) is 5.75 Å². The van der Waals surface area contributed by atoms with Crippen molar-refractivity contribution in [2.75, 3.05) is 5.73 Å². The Morgan fingerprint density at radius 2 is 2.00 bits per heavy atom. The molecule has 0 aromatic heterocycles. The van der Waals surface area contributed by atoms with E-state index in [9.17, 15) is 0 Å². The molecule has 0 bridgehead atoms. The minimum Gasteiger partial charge on any atom is -0.489 e. The third-order valence-corrected chi connectivity index (χ3v) is 4.51. The first-order chi connectivity index (χ1) is 8.20. The molecule has 1 aliphatic carbocycles. The van der Waals surface area contributed by atoms with Gasteiger partial charge in [0.05, 0.1) is 10.6 Å². The minimum absolute atomic E-state index is 0.357. The van der Waals surface area contributed by atoms with Crippen molar-refractivity contribution in [3.8, 4) is 5.75 Å². The average molecular weight is 298 g/mol. The second-order valence-corrected chi connectivity index (χ2v) is 5.62.